The Morgan fingerprint density at radius 2 is 1.61 bits per heavy atom. The highest BCUT2D eigenvalue weighted by Gasteiger charge is 2.54. The topological polar surface area (TPSA) is 85.8 Å². The van der Waals surface area contributed by atoms with Crippen molar-refractivity contribution in [3.63, 3.8) is 0 Å². The standard InChI is InChI=1S/C28H29N5O3/c1-20-11-12-23(18-21(20)2)28(22-8-4-3-5-9-22)26(35)33(27(36)30-28)19-25(34)32-16-14-31(15-17-32)24-10-6-7-13-29-24/h3-13,18H,14-17,19H2,1-2H3,(H,30,36)/t28-/m1/s1. The Labute approximate surface area is 210 Å². The lowest BCUT2D eigenvalue weighted by Crippen LogP contribution is -2.52. The van der Waals surface area contributed by atoms with Crippen LogP contribution in [0.3, 0.4) is 0 Å². The van der Waals surface area contributed by atoms with Gasteiger partial charge >= 0.3 is 6.03 Å². The lowest BCUT2D eigenvalue weighted by Gasteiger charge is -2.36. The predicted molar refractivity (Wildman–Crippen MR) is 136 cm³/mol. The van der Waals surface area contributed by atoms with Gasteiger partial charge in [-0.1, -0.05) is 54.6 Å². The maximum Gasteiger partial charge on any atom is 0.326 e. The molecule has 3 heterocycles. The third-order valence-corrected chi connectivity index (χ3v) is 7.15. The highest BCUT2D eigenvalue weighted by Crippen LogP contribution is 2.36. The first-order valence-corrected chi connectivity index (χ1v) is 12.1. The Bertz CT molecular complexity index is 1290. The number of aryl methyl sites for hydroxylation is 2. The Kier molecular flexibility index (Phi) is 6.18. The zero-order chi connectivity index (χ0) is 25.3. The Morgan fingerprint density at radius 3 is 2.28 bits per heavy atom. The summed E-state index contributed by atoms with van der Waals surface area (Å²) in [6.45, 7) is 5.96. The number of aromatic nitrogens is 1. The van der Waals surface area contributed by atoms with Crippen molar-refractivity contribution in [1.82, 2.24) is 20.1 Å². The Morgan fingerprint density at radius 1 is 0.889 bits per heavy atom. The zero-order valence-corrected chi connectivity index (χ0v) is 20.5. The van der Waals surface area contributed by atoms with Gasteiger partial charge in [-0.15, -0.1) is 0 Å². The van der Waals surface area contributed by atoms with Crippen LogP contribution in [0, 0.1) is 13.8 Å². The van der Waals surface area contributed by atoms with Crippen LogP contribution in [0.2, 0.25) is 0 Å². The van der Waals surface area contributed by atoms with E-state index in [-0.39, 0.29) is 12.5 Å². The summed E-state index contributed by atoms with van der Waals surface area (Å²) in [5, 5.41) is 2.93. The molecule has 0 aliphatic carbocycles. The van der Waals surface area contributed by atoms with Gasteiger partial charge < -0.3 is 15.1 Å². The van der Waals surface area contributed by atoms with E-state index < -0.39 is 17.5 Å². The second-order valence-electron chi connectivity index (χ2n) is 9.29. The van der Waals surface area contributed by atoms with Crippen LogP contribution in [0.4, 0.5) is 10.6 Å². The van der Waals surface area contributed by atoms with Gasteiger partial charge in [-0.25, -0.2) is 9.78 Å². The second-order valence-corrected chi connectivity index (χ2v) is 9.29. The molecule has 8 heteroatoms. The fourth-order valence-electron chi connectivity index (χ4n) is 4.90. The van der Waals surface area contributed by atoms with Gasteiger partial charge in [0.15, 0.2) is 5.54 Å². The Balaban J connectivity index is 1.37. The molecule has 184 valence electrons. The summed E-state index contributed by atoms with van der Waals surface area (Å²) < 4.78 is 0. The van der Waals surface area contributed by atoms with Gasteiger partial charge in [0.25, 0.3) is 5.91 Å². The molecule has 1 atom stereocenters. The van der Waals surface area contributed by atoms with Crippen LogP contribution in [-0.2, 0) is 15.1 Å². The van der Waals surface area contributed by atoms with Crippen molar-refractivity contribution in [3.8, 4) is 0 Å². The number of piperazine rings is 1. The third kappa shape index (κ3) is 4.08. The van der Waals surface area contributed by atoms with E-state index in [4.69, 9.17) is 0 Å². The van der Waals surface area contributed by atoms with Gasteiger partial charge in [-0.2, -0.15) is 0 Å². The zero-order valence-electron chi connectivity index (χ0n) is 20.5. The fraction of sp³-hybridized carbons (Fsp3) is 0.286. The molecule has 0 spiro atoms. The fourth-order valence-corrected chi connectivity index (χ4v) is 4.90. The number of amides is 4. The molecule has 36 heavy (non-hydrogen) atoms. The normalized spacial score (nSPS) is 20.0. The van der Waals surface area contributed by atoms with E-state index in [1.807, 2.05) is 80.6 Å². The van der Waals surface area contributed by atoms with E-state index >= 15 is 0 Å². The molecule has 0 unspecified atom stereocenters. The number of rotatable bonds is 5. The summed E-state index contributed by atoms with van der Waals surface area (Å²) in [7, 11) is 0. The molecule has 2 aromatic carbocycles. The van der Waals surface area contributed by atoms with E-state index in [9.17, 15) is 14.4 Å². The van der Waals surface area contributed by atoms with Crippen molar-refractivity contribution < 1.29 is 14.4 Å². The van der Waals surface area contributed by atoms with E-state index in [1.54, 1.807) is 11.1 Å². The van der Waals surface area contributed by atoms with Gasteiger partial charge in [0.1, 0.15) is 12.4 Å². The highest BCUT2D eigenvalue weighted by molar-refractivity contribution is 6.11. The smallest absolute Gasteiger partial charge is 0.326 e. The summed E-state index contributed by atoms with van der Waals surface area (Å²) in [4.78, 5) is 49.6. The largest absolute Gasteiger partial charge is 0.353 e. The number of hydrogen-bond acceptors (Lipinski definition) is 5. The summed E-state index contributed by atoms with van der Waals surface area (Å²) in [5.41, 5.74) is 2.06. The van der Waals surface area contributed by atoms with Crippen LogP contribution in [0.15, 0.2) is 72.9 Å². The number of carbonyl (C=O) groups excluding carboxylic acids is 3. The molecule has 0 radical (unpaired) electrons. The van der Waals surface area contributed by atoms with Crippen LogP contribution < -0.4 is 10.2 Å². The minimum absolute atomic E-state index is 0.247. The predicted octanol–water partition coefficient (Wildman–Crippen LogP) is 2.84. The van der Waals surface area contributed by atoms with Gasteiger partial charge in [0.05, 0.1) is 0 Å². The molecule has 2 saturated heterocycles. The number of pyridine rings is 1. The lowest BCUT2D eigenvalue weighted by molar-refractivity contribution is -0.138. The first-order valence-electron chi connectivity index (χ1n) is 12.1. The molecular weight excluding hydrogens is 454 g/mol. The van der Waals surface area contributed by atoms with Crippen LogP contribution in [0.5, 0.6) is 0 Å². The molecule has 0 saturated carbocycles. The molecule has 0 bridgehead atoms. The van der Waals surface area contributed by atoms with Crippen molar-refractivity contribution in [1.29, 1.82) is 0 Å². The molecule has 2 aliphatic rings. The van der Waals surface area contributed by atoms with Crippen molar-refractivity contribution in [2.24, 2.45) is 0 Å². The average molecular weight is 484 g/mol. The summed E-state index contributed by atoms with van der Waals surface area (Å²) in [6.07, 6.45) is 1.75. The first kappa shape index (κ1) is 23.5. The molecule has 8 nitrogen and oxygen atoms in total. The number of anilines is 1. The molecule has 2 fully saturated rings. The SMILES string of the molecule is Cc1ccc([C@@]2(c3ccccc3)NC(=O)N(CC(=O)N3CCN(c4ccccn4)CC3)C2=O)cc1C. The van der Waals surface area contributed by atoms with Crippen LogP contribution in [0.1, 0.15) is 22.3 Å². The second kappa shape index (κ2) is 9.45. The minimum Gasteiger partial charge on any atom is -0.353 e. The molecule has 1 aromatic heterocycles. The van der Waals surface area contributed by atoms with E-state index in [1.165, 1.54) is 0 Å². The van der Waals surface area contributed by atoms with Gasteiger partial charge in [-0.3, -0.25) is 14.5 Å². The summed E-state index contributed by atoms with van der Waals surface area (Å²) in [5.74, 6) is 0.185. The maximum atomic E-state index is 13.9. The van der Waals surface area contributed by atoms with Gasteiger partial charge in [0, 0.05) is 32.4 Å². The van der Waals surface area contributed by atoms with Crippen LogP contribution >= 0.6 is 0 Å². The number of urea groups is 1. The number of carbonyl (C=O) groups is 3. The molecular formula is C28H29N5O3. The average Bonchev–Trinajstić information content (AvgIpc) is 3.17. The van der Waals surface area contributed by atoms with Crippen molar-refractivity contribution in [2.75, 3.05) is 37.6 Å². The number of imide groups is 1. The monoisotopic (exact) mass is 483 g/mol. The summed E-state index contributed by atoms with van der Waals surface area (Å²) in [6, 6.07) is 20.1. The molecule has 4 amide bonds. The highest BCUT2D eigenvalue weighted by atomic mass is 16.2. The van der Waals surface area contributed by atoms with Crippen LogP contribution in [0.25, 0.3) is 0 Å². The van der Waals surface area contributed by atoms with Gasteiger partial charge in [-0.05, 0) is 48.2 Å². The maximum absolute atomic E-state index is 13.9. The first-order chi connectivity index (χ1) is 17.4. The van der Waals surface area contributed by atoms with E-state index in [2.05, 4.69) is 15.2 Å². The minimum atomic E-state index is -1.38. The number of hydrogen-bond donors (Lipinski definition) is 1. The quantitative estimate of drug-likeness (QED) is 0.564. The molecule has 5 rings (SSSR count). The number of nitrogens with one attached hydrogen (secondary N) is 1. The Hall–Kier alpha value is -4.20. The summed E-state index contributed by atoms with van der Waals surface area (Å²) >= 11 is 0. The van der Waals surface area contributed by atoms with Crippen LogP contribution in [-0.4, -0.2) is 65.4 Å². The number of nitrogens with zero attached hydrogens (tertiary/aromatic N) is 4. The van der Waals surface area contributed by atoms with Crippen molar-refractivity contribution >= 4 is 23.7 Å². The molecule has 1 N–H and O–H groups in total. The van der Waals surface area contributed by atoms with E-state index in [0.29, 0.717) is 37.3 Å². The van der Waals surface area contributed by atoms with Gasteiger partial charge in [0.2, 0.25) is 5.91 Å². The van der Waals surface area contributed by atoms with Crippen molar-refractivity contribution in [2.45, 2.75) is 19.4 Å². The van der Waals surface area contributed by atoms with E-state index in [0.717, 1.165) is 21.8 Å². The third-order valence-electron chi connectivity index (χ3n) is 7.15. The molecule has 2 aliphatic heterocycles. The lowest BCUT2D eigenvalue weighted by atomic mass is 9.81. The molecule has 3 aromatic rings. The van der Waals surface area contributed by atoms with Crippen molar-refractivity contribution in [3.05, 3.63) is 95.2 Å². The number of benzene rings is 2.